The standard InChI is InChI=1S/C15H18/c1-11-8-9-13(3)15(10-11)14-7-5-4-6-12(14)2/h4,6,8-10H,5,7H2,1-3H3. The van der Waals surface area contributed by atoms with Crippen molar-refractivity contribution in [2.24, 2.45) is 0 Å². The molecule has 0 radical (unpaired) electrons. The first-order chi connectivity index (χ1) is 7.18. The molecule has 0 aromatic heterocycles. The smallest absolute Gasteiger partial charge is 0.0190 e. The molecule has 1 aliphatic carbocycles. The Hall–Kier alpha value is -1.30. The van der Waals surface area contributed by atoms with E-state index in [1.165, 1.54) is 40.7 Å². The molecule has 0 fully saturated rings. The van der Waals surface area contributed by atoms with Crippen LogP contribution in [0.15, 0.2) is 35.9 Å². The Morgan fingerprint density at radius 1 is 1.07 bits per heavy atom. The van der Waals surface area contributed by atoms with Gasteiger partial charge in [0, 0.05) is 0 Å². The van der Waals surface area contributed by atoms with Gasteiger partial charge in [0.25, 0.3) is 0 Å². The molecular weight excluding hydrogens is 180 g/mol. The maximum absolute atomic E-state index is 2.31. The third kappa shape index (κ3) is 2.04. The predicted octanol–water partition coefficient (Wildman–Crippen LogP) is 4.43. The number of hydrogen-bond donors (Lipinski definition) is 0. The van der Waals surface area contributed by atoms with Crippen LogP contribution in [0.4, 0.5) is 0 Å². The predicted molar refractivity (Wildman–Crippen MR) is 66.9 cm³/mol. The summed E-state index contributed by atoms with van der Waals surface area (Å²) in [5.41, 5.74) is 7.14. The van der Waals surface area contributed by atoms with Crippen molar-refractivity contribution in [2.75, 3.05) is 0 Å². The number of allylic oxidation sites excluding steroid dienone is 4. The van der Waals surface area contributed by atoms with E-state index in [4.69, 9.17) is 0 Å². The van der Waals surface area contributed by atoms with E-state index in [2.05, 4.69) is 51.1 Å². The van der Waals surface area contributed by atoms with Crippen molar-refractivity contribution in [3.63, 3.8) is 0 Å². The van der Waals surface area contributed by atoms with Crippen molar-refractivity contribution in [1.29, 1.82) is 0 Å². The zero-order chi connectivity index (χ0) is 10.8. The minimum Gasteiger partial charge on any atom is -0.0839 e. The number of aryl methyl sites for hydroxylation is 2. The van der Waals surface area contributed by atoms with Crippen molar-refractivity contribution in [2.45, 2.75) is 33.6 Å². The van der Waals surface area contributed by atoms with E-state index in [-0.39, 0.29) is 0 Å². The summed E-state index contributed by atoms with van der Waals surface area (Å²) in [6, 6.07) is 6.73. The monoisotopic (exact) mass is 198 g/mol. The molecular formula is C15H18. The average Bonchev–Trinajstić information content (AvgIpc) is 2.23. The zero-order valence-corrected chi connectivity index (χ0v) is 9.80. The summed E-state index contributed by atoms with van der Waals surface area (Å²) in [5.74, 6) is 0. The molecule has 0 heteroatoms. The Balaban J connectivity index is 2.53. The summed E-state index contributed by atoms with van der Waals surface area (Å²) >= 11 is 0. The van der Waals surface area contributed by atoms with Gasteiger partial charge >= 0.3 is 0 Å². The molecule has 0 heterocycles. The van der Waals surface area contributed by atoms with Crippen molar-refractivity contribution in [3.8, 4) is 0 Å². The van der Waals surface area contributed by atoms with Crippen LogP contribution in [0.5, 0.6) is 0 Å². The number of benzene rings is 1. The quantitative estimate of drug-likeness (QED) is 0.626. The molecule has 0 spiro atoms. The summed E-state index contributed by atoms with van der Waals surface area (Å²) < 4.78 is 0. The lowest BCUT2D eigenvalue weighted by Gasteiger charge is -2.16. The fourth-order valence-corrected chi connectivity index (χ4v) is 2.19. The van der Waals surface area contributed by atoms with E-state index < -0.39 is 0 Å². The Morgan fingerprint density at radius 2 is 1.87 bits per heavy atom. The van der Waals surface area contributed by atoms with Gasteiger partial charge in [0.1, 0.15) is 0 Å². The van der Waals surface area contributed by atoms with Gasteiger partial charge in [-0.25, -0.2) is 0 Å². The molecule has 0 aliphatic heterocycles. The second kappa shape index (κ2) is 4.06. The largest absolute Gasteiger partial charge is 0.0839 e. The van der Waals surface area contributed by atoms with Crippen LogP contribution in [0.25, 0.3) is 5.57 Å². The first-order valence-electron chi connectivity index (χ1n) is 5.62. The van der Waals surface area contributed by atoms with Crippen molar-refractivity contribution >= 4 is 5.57 Å². The van der Waals surface area contributed by atoms with Gasteiger partial charge in [-0.2, -0.15) is 0 Å². The molecule has 15 heavy (non-hydrogen) atoms. The maximum Gasteiger partial charge on any atom is -0.0190 e. The third-order valence-electron chi connectivity index (χ3n) is 3.12. The second-order valence-corrected chi connectivity index (χ2v) is 4.42. The van der Waals surface area contributed by atoms with Crippen LogP contribution < -0.4 is 0 Å². The van der Waals surface area contributed by atoms with Gasteiger partial charge in [0.2, 0.25) is 0 Å². The number of rotatable bonds is 1. The SMILES string of the molecule is CC1=C(c2cc(C)ccc2C)CCC=C1. The molecule has 78 valence electrons. The van der Waals surface area contributed by atoms with Gasteiger partial charge in [-0.1, -0.05) is 35.9 Å². The first-order valence-corrected chi connectivity index (χ1v) is 5.62. The molecule has 0 unspecified atom stereocenters. The molecule has 1 aromatic rings. The minimum absolute atomic E-state index is 1.18. The highest BCUT2D eigenvalue weighted by Crippen LogP contribution is 2.30. The summed E-state index contributed by atoms with van der Waals surface area (Å²) in [6.07, 6.45) is 6.89. The van der Waals surface area contributed by atoms with Crippen LogP contribution in [0.3, 0.4) is 0 Å². The van der Waals surface area contributed by atoms with Crippen molar-refractivity contribution < 1.29 is 0 Å². The van der Waals surface area contributed by atoms with Crippen LogP contribution in [0.1, 0.15) is 36.5 Å². The highest BCUT2D eigenvalue weighted by Gasteiger charge is 2.09. The van der Waals surface area contributed by atoms with Crippen LogP contribution in [-0.4, -0.2) is 0 Å². The fraction of sp³-hybridized carbons (Fsp3) is 0.333. The molecule has 0 saturated heterocycles. The summed E-state index contributed by atoms with van der Waals surface area (Å²) in [4.78, 5) is 0. The van der Waals surface area contributed by atoms with Crippen molar-refractivity contribution in [3.05, 3.63) is 52.6 Å². The minimum atomic E-state index is 1.18. The molecule has 0 atom stereocenters. The molecule has 2 rings (SSSR count). The van der Waals surface area contributed by atoms with Gasteiger partial charge in [-0.15, -0.1) is 0 Å². The molecule has 0 saturated carbocycles. The van der Waals surface area contributed by atoms with Gasteiger partial charge < -0.3 is 0 Å². The van der Waals surface area contributed by atoms with E-state index in [1.807, 2.05) is 0 Å². The highest BCUT2D eigenvalue weighted by atomic mass is 14.1. The highest BCUT2D eigenvalue weighted by molar-refractivity contribution is 5.74. The fourth-order valence-electron chi connectivity index (χ4n) is 2.19. The molecule has 0 N–H and O–H groups in total. The Labute approximate surface area is 92.3 Å². The topological polar surface area (TPSA) is 0 Å². The molecule has 0 bridgehead atoms. The van der Waals surface area contributed by atoms with Gasteiger partial charge in [-0.05, 0) is 55.9 Å². The Kier molecular flexibility index (Phi) is 2.77. The van der Waals surface area contributed by atoms with Gasteiger partial charge in [-0.3, -0.25) is 0 Å². The van der Waals surface area contributed by atoms with E-state index in [9.17, 15) is 0 Å². The molecule has 0 nitrogen and oxygen atoms in total. The Bertz CT molecular complexity index is 433. The lowest BCUT2D eigenvalue weighted by molar-refractivity contribution is 1.03. The van der Waals surface area contributed by atoms with E-state index >= 15 is 0 Å². The van der Waals surface area contributed by atoms with E-state index in [1.54, 1.807) is 0 Å². The van der Waals surface area contributed by atoms with E-state index in [0.29, 0.717) is 0 Å². The van der Waals surface area contributed by atoms with Crippen molar-refractivity contribution in [1.82, 2.24) is 0 Å². The summed E-state index contributed by atoms with van der Waals surface area (Å²) in [7, 11) is 0. The second-order valence-electron chi connectivity index (χ2n) is 4.42. The van der Waals surface area contributed by atoms with Crippen LogP contribution in [-0.2, 0) is 0 Å². The molecule has 1 aliphatic rings. The van der Waals surface area contributed by atoms with Crippen LogP contribution in [0.2, 0.25) is 0 Å². The number of hydrogen-bond acceptors (Lipinski definition) is 0. The third-order valence-corrected chi connectivity index (χ3v) is 3.12. The maximum atomic E-state index is 2.31. The zero-order valence-electron chi connectivity index (χ0n) is 9.80. The normalized spacial score (nSPS) is 15.9. The summed E-state index contributed by atoms with van der Waals surface area (Å²) in [5, 5.41) is 0. The molecule has 0 amide bonds. The van der Waals surface area contributed by atoms with E-state index in [0.717, 1.165) is 0 Å². The van der Waals surface area contributed by atoms with Gasteiger partial charge in [0.15, 0.2) is 0 Å². The van der Waals surface area contributed by atoms with Gasteiger partial charge in [0.05, 0.1) is 0 Å². The average molecular weight is 198 g/mol. The Morgan fingerprint density at radius 3 is 2.60 bits per heavy atom. The summed E-state index contributed by atoms with van der Waals surface area (Å²) in [6.45, 7) is 6.58. The van der Waals surface area contributed by atoms with Crippen LogP contribution >= 0.6 is 0 Å². The lowest BCUT2D eigenvalue weighted by atomic mass is 9.89. The van der Waals surface area contributed by atoms with Crippen LogP contribution in [0, 0.1) is 13.8 Å². The first kappa shape index (κ1) is 10.2. The molecule has 1 aromatic carbocycles. The lowest BCUT2D eigenvalue weighted by Crippen LogP contribution is -1.95.